The van der Waals surface area contributed by atoms with Gasteiger partial charge in [-0.2, -0.15) is 0 Å². The molecule has 1 heterocycles. The van der Waals surface area contributed by atoms with E-state index in [9.17, 15) is 0 Å². The number of likely N-dealkylation sites (tertiary alicyclic amines) is 1. The second kappa shape index (κ2) is 5.17. The van der Waals surface area contributed by atoms with Crippen molar-refractivity contribution in [2.75, 3.05) is 13.1 Å². The van der Waals surface area contributed by atoms with Crippen molar-refractivity contribution in [1.29, 1.82) is 0 Å². The van der Waals surface area contributed by atoms with Crippen molar-refractivity contribution < 1.29 is 0 Å². The first-order valence-corrected chi connectivity index (χ1v) is 7.16. The Labute approximate surface area is 113 Å². The largest absolute Gasteiger partial charge is 0.326 e. The number of rotatable bonds is 2. The minimum atomic E-state index is 0.257. The third kappa shape index (κ3) is 2.35. The van der Waals surface area contributed by atoms with E-state index in [1.54, 1.807) is 0 Å². The summed E-state index contributed by atoms with van der Waals surface area (Å²) in [5.41, 5.74) is 7.50. The number of hydrogen-bond acceptors (Lipinski definition) is 2. The molecule has 0 radical (unpaired) electrons. The highest BCUT2D eigenvalue weighted by Gasteiger charge is 2.31. The molecule has 2 N–H and O–H groups in total. The van der Waals surface area contributed by atoms with E-state index in [0.717, 1.165) is 28.5 Å². The molecule has 0 spiro atoms. The first-order valence-electron chi connectivity index (χ1n) is 5.58. The molecule has 1 aliphatic heterocycles. The van der Waals surface area contributed by atoms with Crippen LogP contribution in [0.2, 0.25) is 0 Å². The topological polar surface area (TPSA) is 29.3 Å². The van der Waals surface area contributed by atoms with Crippen molar-refractivity contribution in [3.05, 3.63) is 32.7 Å². The summed E-state index contributed by atoms with van der Waals surface area (Å²) in [6, 6.07) is 7.04. The summed E-state index contributed by atoms with van der Waals surface area (Å²) in [7, 11) is 0. The van der Waals surface area contributed by atoms with E-state index in [1.807, 2.05) is 0 Å². The molecular weight excluding hydrogens is 332 g/mol. The van der Waals surface area contributed by atoms with Crippen LogP contribution in [0.3, 0.4) is 0 Å². The molecule has 2 unspecified atom stereocenters. The van der Waals surface area contributed by atoms with Crippen LogP contribution in [0.25, 0.3) is 0 Å². The van der Waals surface area contributed by atoms with Crippen LogP contribution in [0.1, 0.15) is 24.9 Å². The first-order chi connectivity index (χ1) is 7.63. The van der Waals surface area contributed by atoms with Gasteiger partial charge in [-0.15, -0.1) is 0 Å². The highest BCUT2D eigenvalue weighted by atomic mass is 79.9. The SMILES string of the molecule is CCN1CCC(N)C1c1ccc(Br)c(Br)c1. The zero-order valence-electron chi connectivity index (χ0n) is 9.29. The average molecular weight is 348 g/mol. The van der Waals surface area contributed by atoms with Gasteiger partial charge in [-0.05, 0) is 62.5 Å². The van der Waals surface area contributed by atoms with Crippen molar-refractivity contribution in [3.63, 3.8) is 0 Å². The van der Waals surface area contributed by atoms with E-state index in [-0.39, 0.29) is 6.04 Å². The third-order valence-corrected chi connectivity index (χ3v) is 5.12. The molecule has 16 heavy (non-hydrogen) atoms. The zero-order chi connectivity index (χ0) is 11.7. The van der Waals surface area contributed by atoms with Gasteiger partial charge in [0.15, 0.2) is 0 Å². The predicted octanol–water partition coefficient (Wildman–Crippen LogP) is 3.31. The maximum Gasteiger partial charge on any atom is 0.0499 e. The summed E-state index contributed by atoms with van der Waals surface area (Å²) in [5, 5.41) is 0. The minimum absolute atomic E-state index is 0.257. The van der Waals surface area contributed by atoms with Gasteiger partial charge in [0.2, 0.25) is 0 Å². The lowest BCUT2D eigenvalue weighted by Gasteiger charge is -2.26. The molecule has 1 aromatic rings. The maximum absolute atomic E-state index is 6.20. The van der Waals surface area contributed by atoms with E-state index >= 15 is 0 Å². The molecule has 0 aromatic heterocycles. The second-order valence-electron chi connectivity index (χ2n) is 4.20. The standard InChI is InChI=1S/C12H16Br2N2/c1-2-16-6-5-11(15)12(16)8-3-4-9(13)10(14)7-8/h3-4,7,11-12H,2,5-6,15H2,1H3. The van der Waals surface area contributed by atoms with Crippen LogP contribution < -0.4 is 5.73 Å². The van der Waals surface area contributed by atoms with Crippen LogP contribution in [0.4, 0.5) is 0 Å². The maximum atomic E-state index is 6.20. The van der Waals surface area contributed by atoms with E-state index in [4.69, 9.17) is 5.73 Å². The Hall–Kier alpha value is 0.1000. The second-order valence-corrected chi connectivity index (χ2v) is 5.91. The molecule has 0 saturated carbocycles. The Bertz CT molecular complexity index is 381. The molecular formula is C12H16Br2N2. The summed E-state index contributed by atoms with van der Waals surface area (Å²) in [4.78, 5) is 2.44. The number of hydrogen-bond donors (Lipinski definition) is 1. The van der Waals surface area contributed by atoms with Crippen molar-refractivity contribution >= 4 is 31.9 Å². The lowest BCUT2D eigenvalue weighted by Crippen LogP contribution is -2.31. The summed E-state index contributed by atoms with van der Waals surface area (Å²) in [5.74, 6) is 0. The van der Waals surface area contributed by atoms with Crippen molar-refractivity contribution in [1.82, 2.24) is 4.90 Å². The van der Waals surface area contributed by atoms with Gasteiger partial charge >= 0.3 is 0 Å². The Balaban J connectivity index is 2.31. The normalized spacial score (nSPS) is 26.2. The van der Waals surface area contributed by atoms with Crippen LogP contribution in [0, 0.1) is 0 Å². The Morgan fingerprint density at radius 1 is 1.38 bits per heavy atom. The number of halogens is 2. The van der Waals surface area contributed by atoms with E-state index < -0.39 is 0 Å². The first kappa shape index (κ1) is 12.6. The monoisotopic (exact) mass is 346 g/mol. The molecule has 1 fully saturated rings. The lowest BCUT2D eigenvalue weighted by atomic mass is 10.0. The van der Waals surface area contributed by atoms with Gasteiger partial charge in [-0.25, -0.2) is 0 Å². The summed E-state index contributed by atoms with van der Waals surface area (Å²) in [6.45, 7) is 4.36. The minimum Gasteiger partial charge on any atom is -0.326 e. The van der Waals surface area contributed by atoms with Crippen LogP contribution in [-0.4, -0.2) is 24.0 Å². The molecule has 0 bridgehead atoms. The van der Waals surface area contributed by atoms with Crippen LogP contribution in [-0.2, 0) is 0 Å². The number of likely N-dealkylation sites (N-methyl/N-ethyl adjacent to an activating group) is 1. The molecule has 2 atom stereocenters. The van der Waals surface area contributed by atoms with Gasteiger partial charge in [0.25, 0.3) is 0 Å². The third-order valence-electron chi connectivity index (χ3n) is 3.24. The number of nitrogens with zero attached hydrogens (tertiary/aromatic N) is 1. The van der Waals surface area contributed by atoms with Crippen LogP contribution >= 0.6 is 31.9 Å². The molecule has 1 aromatic carbocycles. The fourth-order valence-corrected chi connectivity index (χ4v) is 3.03. The fourth-order valence-electron chi connectivity index (χ4n) is 2.39. The van der Waals surface area contributed by atoms with Crippen molar-refractivity contribution in [3.8, 4) is 0 Å². The van der Waals surface area contributed by atoms with Gasteiger partial charge in [0.1, 0.15) is 0 Å². The fraction of sp³-hybridized carbons (Fsp3) is 0.500. The highest BCUT2D eigenvalue weighted by Crippen LogP contribution is 2.34. The van der Waals surface area contributed by atoms with Gasteiger partial charge in [-0.3, -0.25) is 4.90 Å². The molecule has 0 aliphatic carbocycles. The van der Waals surface area contributed by atoms with Crippen molar-refractivity contribution in [2.45, 2.75) is 25.4 Å². The smallest absolute Gasteiger partial charge is 0.0499 e. The molecule has 1 aliphatic rings. The van der Waals surface area contributed by atoms with Crippen LogP contribution in [0.15, 0.2) is 27.1 Å². The Kier molecular flexibility index (Phi) is 4.06. The summed E-state index contributed by atoms with van der Waals surface area (Å²) in [6.07, 6.45) is 1.09. The molecule has 2 rings (SSSR count). The lowest BCUT2D eigenvalue weighted by molar-refractivity contribution is 0.261. The van der Waals surface area contributed by atoms with Gasteiger partial charge < -0.3 is 5.73 Å². The predicted molar refractivity (Wildman–Crippen MR) is 74.4 cm³/mol. The number of benzene rings is 1. The van der Waals surface area contributed by atoms with Crippen molar-refractivity contribution in [2.24, 2.45) is 5.73 Å². The highest BCUT2D eigenvalue weighted by molar-refractivity contribution is 9.13. The Morgan fingerprint density at radius 3 is 2.75 bits per heavy atom. The van der Waals surface area contributed by atoms with E-state index in [2.05, 4.69) is 61.9 Å². The van der Waals surface area contributed by atoms with Gasteiger partial charge in [-0.1, -0.05) is 13.0 Å². The molecule has 0 amide bonds. The number of nitrogens with two attached hydrogens (primary N) is 1. The summed E-state index contributed by atoms with van der Waals surface area (Å²) < 4.78 is 2.19. The Morgan fingerprint density at radius 2 is 2.12 bits per heavy atom. The van der Waals surface area contributed by atoms with E-state index in [1.165, 1.54) is 5.56 Å². The average Bonchev–Trinajstić information content (AvgIpc) is 2.64. The molecule has 4 heteroatoms. The van der Waals surface area contributed by atoms with Crippen LogP contribution in [0.5, 0.6) is 0 Å². The van der Waals surface area contributed by atoms with Gasteiger partial charge in [0, 0.05) is 27.6 Å². The van der Waals surface area contributed by atoms with Gasteiger partial charge in [0.05, 0.1) is 0 Å². The zero-order valence-corrected chi connectivity index (χ0v) is 12.5. The quantitative estimate of drug-likeness (QED) is 0.889. The molecule has 88 valence electrons. The molecule has 1 saturated heterocycles. The van der Waals surface area contributed by atoms with E-state index in [0.29, 0.717) is 6.04 Å². The summed E-state index contributed by atoms with van der Waals surface area (Å²) >= 11 is 7.04. The molecule has 2 nitrogen and oxygen atoms in total.